The molecule has 0 aliphatic rings. The number of benzene rings is 2. The minimum atomic E-state index is -2.99. The Balaban J connectivity index is 2.31. The predicted octanol–water partition coefficient (Wildman–Crippen LogP) is 4.22. The molecule has 8 heteroatoms. The number of methoxy groups -OCH3 is 4. The molecule has 0 saturated heterocycles. The summed E-state index contributed by atoms with van der Waals surface area (Å²) >= 11 is 0. The number of ketones is 1. The molecule has 0 spiro atoms. The van der Waals surface area contributed by atoms with Gasteiger partial charge in [-0.15, -0.1) is 0 Å². The molecule has 0 aromatic heterocycles. The Morgan fingerprint density at radius 3 is 2.07 bits per heavy atom. The first-order valence-electron chi connectivity index (χ1n) is 8.09. The van der Waals surface area contributed by atoms with Crippen molar-refractivity contribution in [2.45, 2.75) is 6.61 Å². The van der Waals surface area contributed by atoms with Gasteiger partial charge in [-0.2, -0.15) is 8.78 Å². The lowest BCUT2D eigenvalue weighted by Crippen LogP contribution is -2.04. The Morgan fingerprint density at radius 1 is 0.857 bits per heavy atom. The molecule has 0 unspecified atom stereocenters. The van der Waals surface area contributed by atoms with Crippen molar-refractivity contribution in [3.8, 4) is 28.7 Å². The lowest BCUT2D eigenvalue weighted by Gasteiger charge is -2.14. The molecule has 0 amide bonds. The zero-order valence-electron chi connectivity index (χ0n) is 15.8. The first-order valence-corrected chi connectivity index (χ1v) is 8.09. The van der Waals surface area contributed by atoms with Gasteiger partial charge in [0.05, 0.1) is 28.4 Å². The topological polar surface area (TPSA) is 63.2 Å². The van der Waals surface area contributed by atoms with Gasteiger partial charge in [0.1, 0.15) is 0 Å². The van der Waals surface area contributed by atoms with E-state index in [0.717, 1.165) is 0 Å². The highest BCUT2D eigenvalue weighted by atomic mass is 19.3. The summed E-state index contributed by atoms with van der Waals surface area (Å²) in [5, 5.41) is 0. The molecule has 0 N–H and O–H groups in total. The van der Waals surface area contributed by atoms with Gasteiger partial charge in [-0.3, -0.25) is 4.79 Å². The first kappa shape index (κ1) is 21.0. The van der Waals surface area contributed by atoms with Crippen molar-refractivity contribution in [1.29, 1.82) is 0 Å². The number of hydrogen-bond acceptors (Lipinski definition) is 6. The third-order valence-electron chi connectivity index (χ3n) is 3.81. The Kier molecular flexibility index (Phi) is 7.20. The van der Waals surface area contributed by atoms with Crippen LogP contribution in [-0.4, -0.2) is 40.8 Å². The van der Waals surface area contributed by atoms with E-state index >= 15 is 0 Å². The molecule has 150 valence electrons. The third kappa shape index (κ3) is 4.70. The van der Waals surface area contributed by atoms with Crippen LogP contribution >= 0.6 is 0 Å². The summed E-state index contributed by atoms with van der Waals surface area (Å²) in [7, 11) is 5.76. The van der Waals surface area contributed by atoms with Crippen LogP contribution in [0.25, 0.3) is 6.08 Å². The van der Waals surface area contributed by atoms with E-state index in [1.165, 1.54) is 52.7 Å². The SMILES string of the molecule is COc1cc(C(=O)/C=C/c2ccc(OC)c(OC)c2OC)ccc1OC(F)F. The minimum Gasteiger partial charge on any atom is -0.493 e. The summed E-state index contributed by atoms with van der Waals surface area (Å²) in [6.45, 7) is -2.99. The highest BCUT2D eigenvalue weighted by Gasteiger charge is 2.16. The number of rotatable bonds is 9. The lowest BCUT2D eigenvalue weighted by molar-refractivity contribution is -0.0512. The number of allylic oxidation sites excluding steroid dienone is 1. The molecule has 2 aromatic carbocycles. The number of alkyl halides is 2. The van der Waals surface area contributed by atoms with Crippen LogP contribution in [0.5, 0.6) is 28.7 Å². The van der Waals surface area contributed by atoms with E-state index in [9.17, 15) is 13.6 Å². The Hall–Kier alpha value is -3.29. The zero-order valence-corrected chi connectivity index (χ0v) is 15.8. The van der Waals surface area contributed by atoms with Crippen LogP contribution in [0.3, 0.4) is 0 Å². The second kappa shape index (κ2) is 9.59. The summed E-state index contributed by atoms with van der Waals surface area (Å²) in [6.07, 6.45) is 2.88. The average molecular weight is 394 g/mol. The van der Waals surface area contributed by atoms with Crippen LogP contribution in [0.1, 0.15) is 15.9 Å². The minimum absolute atomic E-state index is 0.0308. The molecule has 0 bridgehead atoms. The van der Waals surface area contributed by atoms with Gasteiger partial charge >= 0.3 is 6.61 Å². The molecular weight excluding hydrogens is 374 g/mol. The zero-order chi connectivity index (χ0) is 20.7. The van der Waals surface area contributed by atoms with E-state index in [1.54, 1.807) is 18.2 Å². The van der Waals surface area contributed by atoms with Crippen molar-refractivity contribution in [3.63, 3.8) is 0 Å². The van der Waals surface area contributed by atoms with Gasteiger partial charge in [-0.05, 0) is 42.5 Å². The normalized spacial score (nSPS) is 10.8. The first-order chi connectivity index (χ1) is 13.4. The van der Waals surface area contributed by atoms with Crippen molar-refractivity contribution in [2.75, 3.05) is 28.4 Å². The second-order valence-corrected chi connectivity index (χ2v) is 5.37. The molecule has 0 aliphatic carbocycles. The summed E-state index contributed by atoms with van der Waals surface area (Å²) in [4.78, 5) is 12.5. The van der Waals surface area contributed by atoms with Gasteiger partial charge in [0.25, 0.3) is 0 Å². The van der Waals surface area contributed by atoms with Crippen LogP contribution in [0.2, 0.25) is 0 Å². The van der Waals surface area contributed by atoms with E-state index in [-0.39, 0.29) is 22.8 Å². The number of hydrogen-bond donors (Lipinski definition) is 0. The van der Waals surface area contributed by atoms with E-state index in [1.807, 2.05) is 0 Å². The fourth-order valence-electron chi connectivity index (χ4n) is 2.53. The second-order valence-electron chi connectivity index (χ2n) is 5.37. The monoisotopic (exact) mass is 394 g/mol. The molecule has 0 radical (unpaired) electrons. The summed E-state index contributed by atoms with van der Waals surface area (Å²) in [5.74, 6) is 0.808. The number of carbonyl (C=O) groups is 1. The van der Waals surface area contributed by atoms with E-state index in [2.05, 4.69) is 4.74 Å². The maximum Gasteiger partial charge on any atom is 0.387 e. The maximum atomic E-state index is 12.5. The smallest absolute Gasteiger partial charge is 0.387 e. The van der Waals surface area contributed by atoms with Crippen molar-refractivity contribution in [3.05, 3.63) is 47.5 Å². The number of halogens is 2. The highest BCUT2D eigenvalue weighted by molar-refractivity contribution is 6.07. The molecule has 0 saturated carbocycles. The predicted molar refractivity (Wildman–Crippen MR) is 99.1 cm³/mol. The Labute approximate surface area is 161 Å². The molecule has 6 nitrogen and oxygen atoms in total. The van der Waals surface area contributed by atoms with Crippen molar-refractivity contribution in [2.24, 2.45) is 0 Å². The van der Waals surface area contributed by atoms with Crippen LogP contribution in [-0.2, 0) is 0 Å². The summed E-state index contributed by atoms with van der Waals surface area (Å²) in [5.41, 5.74) is 0.840. The van der Waals surface area contributed by atoms with E-state index in [0.29, 0.717) is 22.8 Å². The van der Waals surface area contributed by atoms with Gasteiger partial charge < -0.3 is 23.7 Å². The van der Waals surface area contributed by atoms with E-state index in [4.69, 9.17) is 18.9 Å². The molecule has 2 aromatic rings. The fourth-order valence-corrected chi connectivity index (χ4v) is 2.53. The summed E-state index contributed by atoms with van der Waals surface area (Å²) in [6, 6.07) is 7.35. The van der Waals surface area contributed by atoms with Crippen molar-refractivity contribution >= 4 is 11.9 Å². The van der Waals surface area contributed by atoms with Gasteiger partial charge in [0.2, 0.25) is 5.75 Å². The van der Waals surface area contributed by atoms with E-state index < -0.39 is 6.61 Å². The quantitative estimate of drug-likeness (QED) is 0.469. The Bertz CT molecular complexity index is 864. The van der Waals surface area contributed by atoms with Gasteiger partial charge in [0.15, 0.2) is 28.8 Å². The van der Waals surface area contributed by atoms with Crippen LogP contribution in [0, 0.1) is 0 Å². The van der Waals surface area contributed by atoms with Gasteiger partial charge in [-0.25, -0.2) is 0 Å². The molecule has 28 heavy (non-hydrogen) atoms. The molecule has 0 fully saturated rings. The fraction of sp³-hybridized carbons (Fsp3) is 0.250. The van der Waals surface area contributed by atoms with Crippen molar-refractivity contribution in [1.82, 2.24) is 0 Å². The molecule has 0 heterocycles. The van der Waals surface area contributed by atoms with Crippen LogP contribution in [0.4, 0.5) is 8.78 Å². The standard InChI is InChI=1S/C20H20F2O6/c1-24-16-10-6-12(18(26-3)19(16)27-4)5-8-14(23)13-7-9-15(28-20(21)22)17(11-13)25-2/h5-11,20H,1-4H3/b8-5+. The number of carbonyl (C=O) groups excluding carboxylic acids is 1. The average Bonchev–Trinajstić information content (AvgIpc) is 2.70. The maximum absolute atomic E-state index is 12.5. The van der Waals surface area contributed by atoms with Crippen LogP contribution in [0.15, 0.2) is 36.4 Å². The van der Waals surface area contributed by atoms with Crippen LogP contribution < -0.4 is 23.7 Å². The molecule has 0 atom stereocenters. The molecule has 2 rings (SSSR count). The largest absolute Gasteiger partial charge is 0.493 e. The lowest BCUT2D eigenvalue weighted by atomic mass is 10.1. The van der Waals surface area contributed by atoms with Gasteiger partial charge in [0, 0.05) is 11.1 Å². The van der Waals surface area contributed by atoms with Gasteiger partial charge in [-0.1, -0.05) is 0 Å². The molecular formula is C20H20F2O6. The highest BCUT2D eigenvalue weighted by Crippen LogP contribution is 2.40. The van der Waals surface area contributed by atoms with Crippen molar-refractivity contribution < 1.29 is 37.3 Å². The summed E-state index contributed by atoms with van der Waals surface area (Å²) < 4.78 is 50.0. The molecule has 0 aliphatic heterocycles. The Morgan fingerprint density at radius 2 is 1.50 bits per heavy atom. The third-order valence-corrected chi connectivity index (χ3v) is 3.81. The number of ether oxygens (including phenoxy) is 5.